The molecule has 0 aromatic heterocycles. The summed E-state index contributed by atoms with van der Waals surface area (Å²) in [5.74, 6) is -0.417. The molecule has 3 heteroatoms. The van der Waals surface area contributed by atoms with Crippen LogP contribution in [0.15, 0.2) is 0 Å². The second kappa shape index (κ2) is 20.7. The van der Waals surface area contributed by atoms with Crippen molar-refractivity contribution in [2.24, 2.45) is 27.1 Å². The van der Waals surface area contributed by atoms with Crippen molar-refractivity contribution in [3.8, 4) is 0 Å². The highest BCUT2D eigenvalue weighted by molar-refractivity contribution is 4.77. The molecule has 0 heterocycles. The molecule has 0 aliphatic rings. The van der Waals surface area contributed by atoms with E-state index >= 15 is 0 Å². The van der Waals surface area contributed by atoms with E-state index in [1.807, 2.05) is 34.6 Å². The van der Waals surface area contributed by atoms with Crippen LogP contribution in [0.2, 0.25) is 0 Å². The fourth-order valence-electron chi connectivity index (χ4n) is 0.0833. The van der Waals surface area contributed by atoms with Gasteiger partial charge in [0.15, 0.2) is 5.79 Å². The predicted octanol–water partition coefficient (Wildman–Crippen LogP) is 12.1. The van der Waals surface area contributed by atoms with Gasteiger partial charge in [0.05, 0.1) is 5.60 Å². The van der Waals surface area contributed by atoms with E-state index in [9.17, 15) is 0 Å². The van der Waals surface area contributed by atoms with Crippen molar-refractivity contribution >= 4 is 0 Å². The molecule has 0 spiro atoms. The van der Waals surface area contributed by atoms with Gasteiger partial charge in [-0.1, -0.05) is 131 Å². The van der Waals surface area contributed by atoms with Crippen molar-refractivity contribution in [1.29, 1.82) is 0 Å². The fraction of sp³-hybridized carbons (Fsp3) is 1.00. The number of methoxy groups -OCH3 is 3. The van der Waals surface area contributed by atoms with Crippen molar-refractivity contribution < 1.29 is 14.2 Å². The summed E-state index contributed by atoms with van der Waals surface area (Å²) in [6, 6.07) is 0. The highest BCUT2D eigenvalue weighted by atomic mass is 16.7. The van der Waals surface area contributed by atoms with Gasteiger partial charge >= 0.3 is 0 Å². The molecule has 0 unspecified atom stereocenters. The van der Waals surface area contributed by atoms with Crippen LogP contribution in [-0.4, -0.2) is 32.7 Å². The summed E-state index contributed by atoms with van der Waals surface area (Å²) in [5.41, 5.74) is 2.46. The molecule has 0 rings (SSSR count). The molecule has 37 heavy (non-hydrogen) atoms. The van der Waals surface area contributed by atoms with E-state index in [0.29, 0.717) is 27.1 Å². The van der Waals surface area contributed by atoms with Crippen LogP contribution in [0, 0.1) is 27.1 Å². The highest BCUT2D eigenvalue weighted by Gasteiger charge is 2.26. The first-order chi connectivity index (χ1) is 15.5. The van der Waals surface area contributed by atoms with Gasteiger partial charge in [-0.05, 0) is 61.7 Å². The molecular formula is C34H80O3. The quantitative estimate of drug-likeness (QED) is 0.328. The second-order valence-corrected chi connectivity index (χ2v) is 17.5. The summed E-state index contributed by atoms with van der Waals surface area (Å²) in [6.07, 6.45) is 1.27. The van der Waals surface area contributed by atoms with E-state index in [1.54, 1.807) is 21.3 Å². The van der Waals surface area contributed by atoms with Gasteiger partial charge in [0, 0.05) is 21.3 Å². The predicted molar refractivity (Wildman–Crippen MR) is 174 cm³/mol. The van der Waals surface area contributed by atoms with Crippen LogP contribution in [0.1, 0.15) is 166 Å². The summed E-state index contributed by atoms with van der Waals surface area (Å²) in [5, 5.41) is 0. The van der Waals surface area contributed by atoms with Gasteiger partial charge in [-0.3, -0.25) is 0 Å². The Kier molecular flexibility index (Phi) is 27.9. The van der Waals surface area contributed by atoms with Crippen LogP contribution >= 0.6 is 0 Å². The monoisotopic (exact) mass is 537 g/mol. The lowest BCUT2D eigenvalue weighted by Gasteiger charge is -2.34. The maximum atomic E-state index is 4.94. The minimum atomic E-state index is -0.417. The molecule has 0 radical (unpaired) electrons. The van der Waals surface area contributed by atoms with Gasteiger partial charge in [0.2, 0.25) is 0 Å². The molecule has 0 amide bonds. The van der Waals surface area contributed by atoms with E-state index in [4.69, 9.17) is 14.2 Å². The van der Waals surface area contributed by atoms with E-state index in [-0.39, 0.29) is 5.60 Å². The zero-order valence-corrected chi connectivity index (χ0v) is 31.4. The zero-order valence-electron chi connectivity index (χ0n) is 31.4. The molecule has 0 saturated heterocycles. The summed E-state index contributed by atoms with van der Waals surface area (Å²) in [7, 11) is 4.94. The van der Waals surface area contributed by atoms with Crippen LogP contribution < -0.4 is 0 Å². The molecule has 234 valence electrons. The topological polar surface area (TPSA) is 27.7 Å². The number of hydrogen-bond donors (Lipinski definition) is 0. The second-order valence-electron chi connectivity index (χ2n) is 17.5. The summed E-state index contributed by atoms with van der Waals surface area (Å²) in [6.45, 7) is 49.8. The standard InChI is InChI=1S/C8H18.C6H14.C5H12O2.C5H12O.2C5H12/c1-7(2,3)8(4,5)6;1-5-6(2,3)4;1-5(2,6-3)7-4;1-5(2,3)6-4;2*1-5(2,3)4/h1-6H3;5H2,1-4H3;1-4H3;1-4H3;2*1-4H3. The van der Waals surface area contributed by atoms with E-state index in [1.165, 1.54) is 6.42 Å². The molecule has 0 aromatic carbocycles. The maximum Gasteiger partial charge on any atom is 0.161 e. The van der Waals surface area contributed by atoms with Crippen LogP contribution in [0.5, 0.6) is 0 Å². The van der Waals surface area contributed by atoms with E-state index in [0.717, 1.165) is 0 Å². The Hall–Kier alpha value is -0.120. The molecule has 0 bridgehead atoms. The first kappa shape index (κ1) is 49.8. The van der Waals surface area contributed by atoms with Crippen molar-refractivity contribution in [2.75, 3.05) is 21.3 Å². The minimum absolute atomic E-state index is 0.0417. The molecule has 0 aliphatic heterocycles. The molecule has 0 N–H and O–H groups in total. The first-order valence-corrected chi connectivity index (χ1v) is 14.1. The summed E-state index contributed by atoms with van der Waals surface area (Å²) >= 11 is 0. The van der Waals surface area contributed by atoms with Crippen molar-refractivity contribution in [1.82, 2.24) is 0 Å². The average molecular weight is 537 g/mol. The third-order valence-corrected chi connectivity index (χ3v) is 4.91. The van der Waals surface area contributed by atoms with Gasteiger partial charge in [-0.2, -0.15) is 0 Å². The van der Waals surface area contributed by atoms with Crippen LogP contribution in [0.25, 0.3) is 0 Å². The Labute approximate surface area is 239 Å². The van der Waals surface area contributed by atoms with Crippen molar-refractivity contribution in [2.45, 2.75) is 177 Å². The number of ether oxygens (including phenoxy) is 3. The normalized spacial score (nSPS) is 12.5. The Morgan fingerprint density at radius 3 is 0.514 bits per heavy atom. The lowest BCUT2D eigenvalue weighted by molar-refractivity contribution is -0.178. The van der Waals surface area contributed by atoms with Crippen molar-refractivity contribution in [3.05, 3.63) is 0 Å². The van der Waals surface area contributed by atoms with Gasteiger partial charge in [0.1, 0.15) is 0 Å². The van der Waals surface area contributed by atoms with Gasteiger partial charge < -0.3 is 14.2 Å². The van der Waals surface area contributed by atoms with Crippen molar-refractivity contribution in [3.63, 3.8) is 0 Å². The van der Waals surface area contributed by atoms with Crippen LogP contribution in [0.3, 0.4) is 0 Å². The number of rotatable bonds is 2. The summed E-state index contributed by atoms with van der Waals surface area (Å²) < 4.78 is 14.7. The Balaban J connectivity index is -0.0000000786. The molecule has 3 nitrogen and oxygen atoms in total. The largest absolute Gasteiger partial charge is 0.379 e. The van der Waals surface area contributed by atoms with E-state index in [2.05, 4.69) is 125 Å². The van der Waals surface area contributed by atoms with Crippen LogP contribution in [0.4, 0.5) is 0 Å². The Morgan fingerprint density at radius 2 is 0.514 bits per heavy atom. The Morgan fingerprint density at radius 1 is 0.378 bits per heavy atom. The zero-order chi connectivity index (χ0) is 32.3. The minimum Gasteiger partial charge on any atom is -0.379 e. The third-order valence-electron chi connectivity index (χ3n) is 4.91. The molecular weight excluding hydrogens is 456 g/mol. The molecule has 0 aromatic rings. The molecule has 0 saturated carbocycles. The smallest absolute Gasteiger partial charge is 0.161 e. The fourth-order valence-corrected chi connectivity index (χ4v) is 0.0833. The first-order valence-electron chi connectivity index (χ1n) is 14.1. The lowest BCUT2D eigenvalue weighted by atomic mass is 9.71. The highest BCUT2D eigenvalue weighted by Crippen LogP contribution is 2.36. The maximum absolute atomic E-state index is 4.94. The molecule has 0 aliphatic carbocycles. The van der Waals surface area contributed by atoms with Gasteiger partial charge in [0.25, 0.3) is 0 Å². The average Bonchev–Trinajstić information content (AvgIpc) is 2.57. The van der Waals surface area contributed by atoms with Gasteiger partial charge in [-0.15, -0.1) is 0 Å². The van der Waals surface area contributed by atoms with E-state index < -0.39 is 5.79 Å². The van der Waals surface area contributed by atoms with Crippen LogP contribution in [-0.2, 0) is 14.2 Å². The van der Waals surface area contributed by atoms with Gasteiger partial charge in [-0.25, -0.2) is 0 Å². The third kappa shape index (κ3) is 94.5. The number of hydrogen-bond acceptors (Lipinski definition) is 3. The Bertz CT molecular complexity index is 406. The lowest BCUT2D eigenvalue weighted by Crippen LogP contribution is -2.25. The molecule has 0 atom stereocenters. The summed E-state index contributed by atoms with van der Waals surface area (Å²) in [4.78, 5) is 0. The molecule has 0 fully saturated rings. The SMILES string of the molecule is CC(C)(C)C.CC(C)(C)C.CC(C)(C)C(C)(C)C.CCC(C)(C)C.COC(C)(C)C.COC(C)(C)OC.